The van der Waals surface area contributed by atoms with Crippen molar-refractivity contribution >= 4 is 5.69 Å². The molecule has 1 aromatic heterocycles. The lowest BCUT2D eigenvalue weighted by atomic mass is 9.89. The van der Waals surface area contributed by atoms with Crippen molar-refractivity contribution in [2.45, 2.75) is 38.0 Å². The van der Waals surface area contributed by atoms with Crippen molar-refractivity contribution in [3.05, 3.63) is 29.8 Å². The van der Waals surface area contributed by atoms with Crippen LogP contribution in [0.15, 0.2) is 22.7 Å². The van der Waals surface area contributed by atoms with Gasteiger partial charge in [-0.2, -0.15) is 4.98 Å². The number of halogens is 1. The van der Waals surface area contributed by atoms with Gasteiger partial charge in [-0.05, 0) is 25.0 Å². The zero-order chi connectivity index (χ0) is 13.2. The van der Waals surface area contributed by atoms with Crippen LogP contribution < -0.4 is 5.73 Å². The summed E-state index contributed by atoms with van der Waals surface area (Å²) in [4.78, 5) is 4.38. The smallest absolute Gasteiger partial charge is 0.260 e. The summed E-state index contributed by atoms with van der Waals surface area (Å²) in [5, 5.41) is 4.02. The normalized spacial score (nSPS) is 16.7. The van der Waals surface area contributed by atoms with Crippen molar-refractivity contribution in [2.75, 3.05) is 5.73 Å². The second-order valence-electron chi connectivity index (χ2n) is 4.99. The number of nitrogens with zero attached hydrogens (tertiary/aromatic N) is 2. The number of benzene rings is 1. The first kappa shape index (κ1) is 12.1. The molecule has 1 aromatic carbocycles. The number of para-hydroxylation sites is 1. The second-order valence-corrected chi connectivity index (χ2v) is 4.99. The van der Waals surface area contributed by atoms with Crippen molar-refractivity contribution in [1.82, 2.24) is 10.1 Å². The van der Waals surface area contributed by atoms with Crippen LogP contribution in [0.5, 0.6) is 0 Å². The third-order valence-corrected chi connectivity index (χ3v) is 3.70. The topological polar surface area (TPSA) is 64.9 Å². The van der Waals surface area contributed by atoms with Gasteiger partial charge in [-0.3, -0.25) is 0 Å². The summed E-state index contributed by atoms with van der Waals surface area (Å²) >= 11 is 0. The van der Waals surface area contributed by atoms with Gasteiger partial charge in [0.15, 0.2) is 5.82 Å². The molecule has 100 valence electrons. The Morgan fingerprint density at radius 1 is 1.21 bits per heavy atom. The van der Waals surface area contributed by atoms with E-state index in [0.29, 0.717) is 17.4 Å². The molecule has 0 atom stereocenters. The fourth-order valence-corrected chi connectivity index (χ4v) is 2.59. The lowest BCUT2D eigenvalue weighted by Gasteiger charge is -2.17. The monoisotopic (exact) mass is 261 g/mol. The molecule has 19 heavy (non-hydrogen) atoms. The molecule has 0 unspecified atom stereocenters. The Labute approximate surface area is 110 Å². The lowest BCUT2D eigenvalue weighted by molar-refractivity contribution is 0.385. The van der Waals surface area contributed by atoms with Gasteiger partial charge in [-0.15, -0.1) is 0 Å². The van der Waals surface area contributed by atoms with Gasteiger partial charge < -0.3 is 10.3 Å². The van der Waals surface area contributed by atoms with Gasteiger partial charge >= 0.3 is 0 Å². The highest BCUT2D eigenvalue weighted by Crippen LogP contribution is 2.33. The minimum Gasteiger partial charge on any atom is -0.396 e. The number of hydrogen-bond acceptors (Lipinski definition) is 4. The van der Waals surface area contributed by atoms with E-state index in [1.54, 1.807) is 12.1 Å². The highest BCUT2D eigenvalue weighted by molar-refractivity contribution is 5.70. The van der Waals surface area contributed by atoms with E-state index in [1.807, 2.05) is 0 Å². The second kappa shape index (κ2) is 4.99. The first-order valence-corrected chi connectivity index (χ1v) is 6.63. The summed E-state index contributed by atoms with van der Waals surface area (Å²) in [6, 6.07) is 4.60. The van der Waals surface area contributed by atoms with Gasteiger partial charge in [0, 0.05) is 5.92 Å². The van der Waals surface area contributed by atoms with Gasteiger partial charge in [0.25, 0.3) is 5.89 Å². The highest BCUT2D eigenvalue weighted by Gasteiger charge is 2.22. The minimum absolute atomic E-state index is 0.0568. The maximum absolute atomic E-state index is 13.4. The molecular weight excluding hydrogens is 245 g/mol. The molecule has 1 aliphatic carbocycles. The van der Waals surface area contributed by atoms with E-state index >= 15 is 0 Å². The van der Waals surface area contributed by atoms with Crippen molar-refractivity contribution in [3.8, 4) is 11.5 Å². The van der Waals surface area contributed by atoms with Crippen LogP contribution in [0.1, 0.15) is 43.8 Å². The number of hydrogen-bond donors (Lipinski definition) is 1. The van der Waals surface area contributed by atoms with Gasteiger partial charge in [0.05, 0.1) is 11.3 Å². The molecule has 1 saturated carbocycles. The Morgan fingerprint density at radius 3 is 2.79 bits per heavy atom. The largest absolute Gasteiger partial charge is 0.396 e. The van der Waals surface area contributed by atoms with Crippen LogP contribution in [0.3, 0.4) is 0 Å². The van der Waals surface area contributed by atoms with Gasteiger partial charge in [0.1, 0.15) is 5.82 Å². The van der Waals surface area contributed by atoms with E-state index in [1.165, 1.54) is 25.3 Å². The molecule has 0 radical (unpaired) electrons. The Morgan fingerprint density at radius 2 is 2.00 bits per heavy atom. The van der Waals surface area contributed by atoms with E-state index in [2.05, 4.69) is 10.1 Å². The van der Waals surface area contributed by atoms with E-state index < -0.39 is 5.82 Å². The van der Waals surface area contributed by atoms with Crippen LogP contribution in [0.4, 0.5) is 10.1 Å². The molecule has 0 aliphatic heterocycles. The molecule has 0 amide bonds. The number of nitrogens with two attached hydrogens (primary N) is 1. The predicted molar refractivity (Wildman–Crippen MR) is 69.9 cm³/mol. The molecule has 4 nitrogen and oxygen atoms in total. The van der Waals surface area contributed by atoms with Gasteiger partial charge in [0.2, 0.25) is 0 Å². The molecular formula is C14H16FN3O. The number of nitrogen functional groups attached to an aromatic ring is 1. The summed E-state index contributed by atoms with van der Waals surface area (Å²) in [6.45, 7) is 0. The van der Waals surface area contributed by atoms with Gasteiger partial charge in [-0.1, -0.05) is 30.5 Å². The van der Waals surface area contributed by atoms with Crippen molar-refractivity contribution in [1.29, 1.82) is 0 Å². The van der Waals surface area contributed by atoms with Crippen LogP contribution in [-0.2, 0) is 0 Å². The van der Waals surface area contributed by atoms with Crippen LogP contribution >= 0.6 is 0 Å². The maximum Gasteiger partial charge on any atom is 0.260 e. The molecule has 2 aromatic rings. The van der Waals surface area contributed by atoms with E-state index in [9.17, 15) is 4.39 Å². The summed E-state index contributed by atoms with van der Waals surface area (Å²) < 4.78 is 18.6. The lowest BCUT2D eigenvalue weighted by Crippen LogP contribution is -2.06. The molecule has 0 bridgehead atoms. The van der Waals surface area contributed by atoms with Crippen molar-refractivity contribution in [3.63, 3.8) is 0 Å². The quantitative estimate of drug-likeness (QED) is 0.840. The van der Waals surface area contributed by atoms with Crippen molar-refractivity contribution < 1.29 is 8.91 Å². The van der Waals surface area contributed by atoms with Crippen LogP contribution in [0.25, 0.3) is 11.5 Å². The SMILES string of the molecule is Nc1c(F)cccc1-c1nc(C2CCCCC2)no1. The van der Waals surface area contributed by atoms with E-state index in [-0.39, 0.29) is 5.69 Å². The Balaban J connectivity index is 1.90. The van der Waals surface area contributed by atoms with E-state index in [4.69, 9.17) is 10.3 Å². The fourth-order valence-electron chi connectivity index (χ4n) is 2.59. The van der Waals surface area contributed by atoms with Gasteiger partial charge in [-0.25, -0.2) is 4.39 Å². The number of anilines is 1. The Hall–Kier alpha value is -1.91. The molecule has 5 heteroatoms. The Kier molecular flexibility index (Phi) is 3.19. The molecule has 0 saturated heterocycles. The van der Waals surface area contributed by atoms with Crippen LogP contribution in [-0.4, -0.2) is 10.1 Å². The van der Waals surface area contributed by atoms with Crippen LogP contribution in [0.2, 0.25) is 0 Å². The van der Waals surface area contributed by atoms with Crippen molar-refractivity contribution in [2.24, 2.45) is 0 Å². The number of rotatable bonds is 2. The molecule has 3 rings (SSSR count). The number of aromatic nitrogens is 2. The highest BCUT2D eigenvalue weighted by atomic mass is 19.1. The average molecular weight is 261 g/mol. The minimum atomic E-state index is -0.463. The molecule has 2 N–H and O–H groups in total. The molecule has 1 aliphatic rings. The summed E-state index contributed by atoms with van der Waals surface area (Å²) in [5.41, 5.74) is 6.22. The molecule has 1 fully saturated rings. The zero-order valence-electron chi connectivity index (χ0n) is 10.6. The average Bonchev–Trinajstić information content (AvgIpc) is 2.92. The Bertz CT molecular complexity index is 576. The van der Waals surface area contributed by atoms with E-state index in [0.717, 1.165) is 18.7 Å². The molecule has 1 heterocycles. The third-order valence-electron chi connectivity index (χ3n) is 3.70. The fraction of sp³-hybridized carbons (Fsp3) is 0.429. The maximum atomic E-state index is 13.4. The summed E-state index contributed by atoms with van der Waals surface area (Å²) in [6.07, 6.45) is 5.88. The predicted octanol–water partition coefficient (Wildman–Crippen LogP) is 3.51. The standard InChI is InChI=1S/C14H16FN3O/c15-11-8-4-7-10(12(11)16)14-17-13(18-19-14)9-5-2-1-3-6-9/h4,7-9H,1-3,5-6,16H2. The van der Waals surface area contributed by atoms with Crippen LogP contribution in [0, 0.1) is 5.82 Å². The first-order valence-electron chi connectivity index (χ1n) is 6.63. The third kappa shape index (κ3) is 2.32. The summed E-state index contributed by atoms with van der Waals surface area (Å²) in [7, 11) is 0. The first-order chi connectivity index (χ1) is 9.25. The summed E-state index contributed by atoms with van der Waals surface area (Å²) in [5.74, 6) is 0.923. The molecule has 0 spiro atoms. The zero-order valence-corrected chi connectivity index (χ0v) is 10.6.